The third kappa shape index (κ3) is 3.06. The number of halogens is 1. The van der Waals surface area contributed by atoms with E-state index in [4.69, 9.17) is 4.74 Å². The van der Waals surface area contributed by atoms with Crippen LogP contribution in [0.1, 0.15) is 23.2 Å². The van der Waals surface area contributed by atoms with Crippen LogP contribution < -0.4 is 5.32 Å². The minimum Gasteiger partial charge on any atom is -0.480 e. The van der Waals surface area contributed by atoms with Crippen molar-refractivity contribution in [1.82, 2.24) is 5.32 Å². The molecule has 0 spiro atoms. The molecule has 0 radical (unpaired) electrons. The predicted octanol–water partition coefficient (Wildman–Crippen LogP) is 1.65. The van der Waals surface area contributed by atoms with E-state index in [0.717, 1.165) is 3.57 Å². The maximum absolute atomic E-state index is 12.2. The van der Waals surface area contributed by atoms with Gasteiger partial charge in [-0.15, -0.1) is 0 Å². The Hall–Kier alpha value is -1.15. The third-order valence-electron chi connectivity index (χ3n) is 3.23. The zero-order chi connectivity index (χ0) is 13.9. The van der Waals surface area contributed by atoms with Gasteiger partial charge in [0.05, 0.1) is 5.56 Å². The van der Waals surface area contributed by atoms with E-state index in [1.165, 1.54) is 0 Å². The van der Waals surface area contributed by atoms with Crippen molar-refractivity contribution >= 4 is 34.5 Å². The van der Waals surface area contributed by atoms with Gasteiger partial charge < -0.3 is 15.2 Å². The van der Waals surface area contributed by atoms with Crippen LogP contribution in [-0.2, 0) is 9.53 Å². The van der Waals surface area contributed by atoms with E-state index in [9.17, 15) is 14.7 Å². The average Bonchev–Trinajstić information content (AvgIpc) is 2.40. The number of carbonyl (C=O) groups excluding carboxylic acids is 1. The zero-order valence-electron chi connectivity index (χ0n) is 10.2. The van der Waals surface area contributed by atoms with Crippen LogP contribution in [0.2, 0.25) is 0 Å². The van der Waals surface area contributed by atoms with Gasteiger partial charge >= 0.3 is 5.97 Å². The van der Waals surface area contributed by atoms with Crippen molar-refractivity contribution in [1.29, 1.82) is 0 Å². The second-order valence-corrected chi connectivity index (χ2v) is 5.60. The molecule has 1 aromatic carbocycles. The monoisotopic (exact) mass is 375 g/mol. The molecule has 0 saturated carbocycles. The highest BCUT2D eigenvalue weighted by molar-refractivity contribution is 14.1. The van der Waals surface area contributed by atoms with Crippen LogP contribution in [0.3, 0.4) is 0 Å². The number of aliphatic carboxylic acids is 1. The number of carbonyl (C=O) groups is 2. The Labute approximate surface area is 124 Å². The molecule has 1 heterocycles. The van der Waals surface area contributed by atoms with E-state index in [0.29, 0.717) is 18.8 Å². The van der Waals surface area contributed by atoms with Crippen molar-refractivity contribution in [2.75, 3.05) is 13.2 Å². The van der Waals surface area contributed by atoms with Crippen LogP contribution in [0.4, 0.5) is 0 Å². The Morgan fingerprint density at radius 3 is 2.47 bits per heavy atom. The molecule has 5 nitrogen and oxygen atoms in total. The number of carboxylic acid groups (broad SMARTS) is 1. The first-order chi connectivity index (χ1) is 9.05. The van der Waals surface area contributed by atoms with E-state index in [-0.39, 0.29) is 18.7 Å². The molecule has 2 rings (SSSR count). The van der Waals surface area contributed by atoms with Crippen molar-refractivity contribution in [3.05, 3.63) is 33.4 Å². The Bertz CT molecular complexity index is 497. The van der Waals surface area contributed by atoms with E-state index >= 15 is 0 Å². The minimum absolute atomic E-state index is 0.289. The van der Waals surface area contributed by atoms with Crippen LogP contribution >= 0.6 is 22.6 Å². The molecule has 0 aromatic heterocycles. The summed E-state index contributed by atoms with van der Waals surface area (Å²) in [6.45, 7) is 0.691. The molecular weight excluding hydrogens is 361 g/mol. The fraction of sp³-hybridized carbons (Fsp3) is 0.385. The lowest BCUT2D eigenvalue weighted by Crippen LogP contribution is -2.57. The van der Waals surface area contributed by atoms with Crippen LogP contribution in [0.15, 0.2) is 24.3 Å². The number of carboxylic acids is 1. The predicted molar refractivity (Wildman–Crippen MR) is 77.0 cm³/mol. The van der Waals surface area contributed by atoms with E-state index < -0.39 is 11.5 Å². The standard InChI is InChI=1S/C13H14INO4/c14-10-4-2-1-3-9(10)11(16)15-13(12(17)18)5-7-19-8-6-13/h1-4H,5-8H2,(H,15,16)(H,17,18). The highest BCUT2D eigenvalue weighted by atomic mass is 127. The normalized spacial score (nSPS) is 17.7. The number of rotatable bonds is 3. The molecule has 0 atom stereocenters. The van der Waals surface area contributed by atoms with E-state index in [1.807, 2.05) is 12.1 Å². The van der Waals surface area contributed by atoms with Crippen LogP contribution in [0.25, 0.3) is 0 Å². The van der Waals surface area contributed by atoms with Crippen LogP contribution in [0.5, 0.6) is 0 Å². The maximum Gasteiger partial charge on any atom is 0.329 e. The second kappa shape index (κ2) is 5.87. The van der Waals surface area contributed by atoms with Crippen molar-refractivity contribution in [3.8, 4) is 0 Å². The van der Waals surface area contributed by atoms with Gasteiger partial charge in [0.1, 0.15) is 5.54 Å². The molecule has 1 aliphatic rings. The molecule has 102 valence electrons. The molecular formula is C13H14INO4. The summed E-state index contributed by atoms with van der Waals surface area (Å²) < 4.78 is 5.97. The fourth-order valence-corrected chi connectivity index (χ4v) is 2.67. The van der Waals surface area contributed by atoms with E-state index in [2.05, 4.69) is 27.9 Å². The summed E-state index contributed by atoms with van der Waals surface area (Å²) in [5.41, 5.74) is -0.718. The molecule has 0 aliphatic carbocycles. The molecule has 1 saturated heterocycles. The van der Waals surface area contributed by atoms with Gasteiger partial charge in [-0.2, -0.15) is 0 Å². The van der Waals surface area contributed by atoms with Gasteiger partial charge in [0.2, 0.25) is 0 Å². The van der Waals surface area contributed by atoms with E-state index in [1.54, 1.807) is 12.1 Å². The van der Waals surface area contributed by atoms with Gasteiger partial charge in [-0.05, 0) is 34.7 Å². The lowest BCUT2D eigenvalue weighted by atomic mass is 9.89. The molecule has 19 heavy (non-hydrogen) atoms. The van der Waals surface area contributed by atoms with Crippen molar-refractivity contribution in [2.24, 2.45) is 0 Å². The quantitative estimate of drug-likeness (QED) is 0.788. The summed E-state index contributed by atoms with van der Waals surface area (Å²) in [6.07, 6.45) is 0.578. The molecule has 1 fully saturated rings. The fourth-order valence-electron chi connectivity index (χ4n) is 2.04. The minimum atomic E-state index is -1.21. The highest BCUT2D eigenvalue weighted by Gasteiger charge is 2.41. The first kappa shape index (κ1) is 14.3. The number of amides is 1. The summed E-state index contributed by atoms with van der Waals surface area (Å²) in [6, 6.07) is 7.09. The number of hydrogen-bond donors (Lipinski definition) is 2. The molecule has 1 aromatic rings. The van der Waals surface area contributed by atoms with Gasteiger partial charge in [0.15, 0.2) is 0 Å². The third-order valence-corrected chi connectivity index (χ3v) is 4.17. The molecule has 1 aliphatic heterocycles. The number of hydrogen-bond acceptors (Lipinski definition) is 3. The molecule has 1 amide bonds. The summed E-state index contributed by atoms with van der Waals surface area (Å²) >= 11 is 2.06. The number of ether oxygens (including phenoxy) is 1. The Morgan fingerprint density at radius 1 is 1.26 bits per heavy atom. The largest absolute Gasteiger partial charge is 0.480 e. The lowest BCUT2D eigenvalue weighted by Gasteiger charge is -2.33. The molecule has 6 heteroatoms. The van der Waals surface area contributed by atoms with Crippen molar-refractivity contribution in [2.45, 2.75) is 18.4 Å². The average molecular weight is 375 g/mol. The first-order valence-electron chi connectivity index (χ1n) is 5.93. The summed E-state index contributed by atoms with van der Waals surface area (Å²) in [7, 11) is 0. The Kier molecular flexibility index (Phi) is 4.41. The van der Waals surface area contributed by atoms with Crippen LogP contribution in [-0.4, -0.2) is 35.7 Å². The summed E-state index contributed by atoms with van der Waals surface area (Å²) in [5, 5.41) is 12.0. The number of benzene rings is 1. The van der Waals surface area contributed by atoms with Crippen molar-refractivity contribution < 1.29 is 19.4 Å². The van der Waals surface area contributed by atoms with Crippen molar-refractivity contribution in [3.63, 3.8) is 0 Å². The molecule has 0 unspecified atom stereocenters. The Balaban J connectivity index is 2.20. The van der Waals surface area contributed by atoms with Gasteiger partial charge in [0.25, 0.3) is 5.91 Å². The number of nitrogens with one attached hydrogen (secondary N) is 1. The van der Waals surface area contributed by atoms with Gasteiger partial charge in [0, 0.05) is 29.6 Å². The SMILES string of the molecule is O=C(NC1(C(=O)O)CCOCC1)c1ccccc1I. The van der Waals surface area contributed by atoms with Gasteiger partial charge in [-0.3, -0.25) is 4.79 Å². The zero-order valence-corrected chi connectivity index (χ0v) is 12.3. The maximum atomic E-state index is 12.2. The highest BCUT2D eigenvalue weighted by Crippen LogP contribution is 2.22. The molecule has 2 N–H and O–H groups in total. The second-order valence-electron chi connectivity index (χ2n) is 4.43. The van der Waals surface area contributed by atoms with Gasteiger partial charge in [-0.1, -0.05) is 12.1 Å². The van der Waals surface area contributed by atoms with Gasteiger partial charge in [-0.25, -0.2) is 4.79 Å². The smallest absolute Gasteiger partial charge is 0.329 e. The molecule has 0 bridgehead atoms. The summed E-state index contributed by atoms with van der Waals surface area (Å²) in [4.78, 5) is 23.7. The topological polar surface area (TPSA) is 75.6 Å². The van der Waals surface area contributed by atoms with Crippen LogP contribution in [0, 0.1) is 3.57 Å². The lowest BCUT2D eigenvalue weighted by molar-refractivity contribution is -0.148. The first-order valence-corrected chi connectivity index (χ1v) is 7.01. The summed E-state index contributed by atoms with van der Waals surface area (Å²) in [5.74, 6) is -1.36. The Morgan fingerprint density at radius 2 is 1.89 bits per heavy atom.